The summed E-state index contributed by atoms with van der Waals surface area (Å²) in [6.07, 6.45) is 2.26. The Balaban J connectivity index is 2.21. The summed E-state index contributed by atoms with van der Waals surface area (Å²) in [5.41, 5.74) is 0.927. The molecule has 0 atom stereocenters. The van der Waals surface area contributed by atoms with E-state index in [0.717, 1.165) is 5.69 Å². The maximum absolute atomic E-state index is 10.4. The third kappa shape index (κ3) is 1.90. The molecule has 0 saturated carbocycles. The highest BCUT2D eigenvalue weighted by Crippen LogP contribution is 2.23. The molecule has 0 spiro atoms. The van der Waals surface area contributed by atoms with E-state index in [4.69, 9.17) is 0 Å². The maximum atomic E-state index is 10.4. The molecule has 1 N–H and O–H groups in total. The fraction of sp³-hybridized carbons (Fsp3) is 0.200. The highest BCUT2D eigenvalue weighted by atomic mass is 16.6. The average molecular weight is 206 g/mol. The molecule has 0 bridgehead atoms. The van der Waals surface area contributed by atoms with Gasteiger partial charge in [0.25, 0.3) is 5.69 Å². The number of hydrogen-bond donors (Lipinski definition) is 1. The topological polar surface area (TPSA) is 66.6 Å². The lowest BCUT2D eigenvalue weighted by molar-refractivity contribution is -0.384. The van der Waals surface area contributed by atoms with Gasteiger partial charge in [-0.1, -0.05) is 0 Å². The van der Waals surface area contributed by atoms with Crippen molar-refractivity contribution in [1.29, 1.82) is 0 Å². The van der Waals surface area contributed by atoms with Crippen LogP contribution in [-0.2, 0) is 0 Å². The molecule has 1 heterocycles. The molecule has 78 valence electrons. The van der Waals surface area contributed by atoms with E-state index < -0.39 is 4.92 Å². The molecular weight excluding hydrogens is 196 g/mol. The molecule has 1 aliphatic heterocycles. The molecule has 0 amide bonds. The van der Waals surface area contributed by atoms with Gasteiger partial charge in [0.1, 0.15) is 5.76 Å². The first kappa shape index (κ1) is 9.51. The van der Waals surface area contributed by atoms with Gasteiger partial charge in [0.2, 0.25) is 0 Å². The minimum absolute atomic E-state index is 0.0751. The third-order valence-corrected chi connectivity index (χ3v) is 2.31. The van der Waals surface area contributed by atoms with Crippen LogP contribution in [0.15, 0.2) is 36.2 Å². The molecule has 5 nitrogen and oxygen atoms in total. The van der Waals surface area contributed by atoms with Gasteiger partial charge >= 0.3 is 0 Å². The zero-order chi connectivity index (χ0) is 10.8. The minimum Gasteiger partial charge on any atom is -0.511 e. The van der Waals surface area contributed by atoms with E-state index in [-0.39, 0.29) is 5.69 Å². The van der Waals surface area contributed by atoms with Crippen molar-refractivity contribution in [2.45, 2.75) is 6.42 Å². The first-order chi connectivity index (χ1) is 7.16. The first-order valence-electron chi connectivity index (χ1n) is 4.57. The van der Waals surface area contributed by atoms with E-state index in [2.05, 4.69) is 0 Å². The van der Waals surface area contributed by atoms with Crippen LogP contribution < -0.4 is 4.90 Å². The van der Waals surface area contributed by atoms with Crippen LogP contribution in [0.25, 0.3) is 0 Å². The summed E-state index contributed by atoms with van der Waals surface area (Å²) in [4.78, 5) is 11.9. The smallest absolute Gasteiger partial charge is 0.269 e. The quantitative estimate of drug-likeness (QED) is 0.595. The molecule has 2 rings (SSSR count). The lowest BCUT2D eigenvalue weighted by Gasteiger charge is -2.13. The molecule has 1 aliphatic rings. The first-order valence-corrected chi connectivity index (χ1v) is 4.57. The van der Waals surface area contributed by atoms with E-state index in [1.54, 1.807) is 18.3 Å². The molecule has 0 saturated heterocycles. The predicted octanol–water partition coefficient (Wildman–Crippen LogP) is 2.20. The van der Waals surface area contributed by atoms with Crippen LogP contribution in [0.3, 0.4) is 0 Å². The zero-order valence-electron chi connectivity index (χ0n) is 7.96. The molecule has 5 heteroatoms. The van der Waals surface area contributed by atoms with Crippen molar-refractivity contribution < 1.29 is 10.0 Å². The summed E-state index contributed by atoms with van der Waals surface area (Å²) in [6, 6.07) is 6.26. The molecular formula is C10H10N2O3. The van der Waals surface area contributed by atoms with E-state index in [1.807, 2.05) is 4.90 Å². The standard InChI is InChI=1S/C10H10N2O3/c13-10-5-6-11(7-10)8-1-3-9(4-2-8)12(14)15/h1-4,7,13H,5-6H2. The Morgan fingerprint density at radius 3 is 2.47 bits per heavy atom. The van der Waals surface area contributed by atoms with Crippen LogP contribution in [0, 0.1) is 10.1 Å². The largest absolute Gasteiger partial charge is 0.511 e. The molecule has 15 heavy (non-hydrogen) atoms. The van der Waals surface area contributed by atoms with Gasteiger partial charge in [-0.15, -0.1) is 0 Å². The van der Waals surface area contributed by atoms with Crippen molar-refractivity contribution in [3.63, 3.8) is 0 Å². The van der Waals surface area contributed by atoms with Crippen LogP contribution in [0.2, 0.25) is 0 Å². The lowest BCUT2D eigenvalue weighted by atomic mass is 10.2. The van der Waals surface area contributed by atoms with Gasteiger partial charge in [-0.05, 0) is 12.1 Å². The monoisotopic (exact) mass is 206 g/mol. The number of aliphatic hydroxyl groups is 1. The fourth-order valence-corrected chi connectivity index (χ4v) is 1.51. The highest BCUT2D eigenvalue weighted by Gasteiger charge is 2.13. The van der Waals surface area contributed by atoms with Gasteiger partial charge in [0.05, 0.1) is 4.92 Å². The maximum Gasteiger partial charge on any atom is 0.269 e. The predicted molar refractivity (Wildman–Crippen MR) is 55.8 cm³/mol. The zero-order valence-corrected chi connectivity index (χ0v) is 7.96. The fourth-order valence-electron chi connectivity index (χ4n) is 1.51. The van der Waals surface area contributed by atoms with Gasteiger partial charge in [0, 0.05) is 37.0 Å². The molecule has 0 radical (unpaired) electrons. The van der Waals surface area contributed by atoms with Crippen molar-refractivity contribution in [2.75, 3.05) is 11.4 Å². The van der Waals surface area contributed by atoms with Gasteiger partial charge in [-0.2, -0.15) is 0 Å². The number of rotatable bonds is 2. The Hall–Kier alpha value is -2.04. The van der Waals surface area contributed by atoms with Crippen molar-refractivity contribution >= 4 is 11.4 Å². The number of benzene rings is 1. The lowest BCUT2D eigenvalue weighted by Crippen LogP contribution is -2.11. The Morgan fingerprint density at radius 2 is 2.00 bits per heavy atom. The summed E-state index contributed by atoms with van der Waals surface area (Å²) in [5.74, 6) is 0.341. The number of nitro groups is 1. The second kappa shape index (κ2) is 3.61. The Labute approximate surface area is 86.4 Å². The van der Waals surface area contributed by atoms with Gasteiger partial charge in [-0.25, -0.2) is 0 Å². The van der Waals surface area contributed by atoms with Crippen LogP contribution in [0.5, 0.6) is 0 Å². The second-order valence-corrected chi connectivity index (χ2v) is 3.34. The second-order valence-electron chi connectivity index (χ2n) is 3.34. The summed E-state index contributed by atoms with van der Waals surface area (Å²) >= 11 is 0. The van der Waals surface area contributed by atoms with Crippen LogP contribution >= 0.6 is 0 Å². The third-order valence-electron chi connectivity index (χ3n) is 2.31. The molecule has 0 unspecified atom stereocenters. The molecule has 0 fully saturated rings. The number of nitro benzene ring substituents is 1. The number of nitrogens with zero attached hydrogens (tertiary/aromatic N) is 2. The van der Waals surface area contributed by atoms with E-state index in [0.29, 0.717) is 18.7 Å². The highest BCUT2D eigenvalue weighted by molar-refractivity contribution is 5.54. The molecule has 1 aromatic carbocycles. The molecule has 1 aromatic rings. The van der Waals surface area contributed by atoms with Crippen molar-refractivity contribution in [1.82, 2.24) is 0 Å². The Kier molecular flexibility index (Phi) is 2.29. The normalized spacial score (nSPS) is 15.2. The summed E-state index contributed by atoms with van der Waals surface area (Å²) in [7, 11) is 0. The van der Waals surface area contributed by atoms with E-state index >= 15 is 0 Å². The Bertz CT molecular complexity index is 411. The van der Waals surface area contributed by atoms with Crippen LogP contribution in [0.4, 0.5) is 11.4 Å². The van der Waals surface area contributed by atoms with E-state index in [1.165, 1.54) is 12.1 Å². The Morgan fingerprint density at radius 1 is 1.33 bits per heavy atom. The van der Waals surface area contributed by atoms with Crippen LogP contribution in [-0.4, -0.2) is 16.6 Å². The minimum atomic E-state index is -0.429. The summed E-state index contributed by atoms with van der Waals surface area (Å²) in [6.45, 7) is 0.712. The van der Waals surface area contributed by atoms with Gasteiger partial charge in [0.15, 0.2) is 0 Å². The van der Waals surface area contributed by atoms with Crippen molar-refractivity contribution in [3.8, 4) is 0 Å². The van der Waals surface area contributed by atoms with Gasteiger partial charge in [-0.3, -0.25) is 10.1 Å². The van der Waals surface area contributed by atoms with Crippen LogP contribution in [0.1, 0.15) is 6.42 Å². The number of non-ortho nitro benzene ring substituents is 1. The van der Waals surface area contributed by atoms with Crippen molar-refractivity contribution in [3.05, 3.63) is 46.3 Å². The average Bonchev–Trinajstić information content (AvgIpc) is 2.65. The molecule has 0 aromatic heterocycles. The number of hydrogen-bond acceptors (Lipinski definition) is 4. The number of anilines is 1. The summed E-state index contributed by atoms with van der Waals surface area (Å²) < 4.78 is 0. The molecule has 0 aliphatic carbocycles. The van der Waals surface area contributed by atoms with E-state index in [9.17, 15) is 15.2 Å². The van der Waals surface area contributed by atoms with Crippen molar-refractivity contribution in [2.24, 2.45) is 0 Å². The van der Waals surface area contributed by atoms with Gasteiger partial charge < -0.3 is 10.0 Å². The number of aliphatic hydroxyl groups excluding tert-OH is 1. The SMILES string of the molecule is O=[N+]([O-])c1ccc(N2C=C(O)CC2)cc1. The summed E-state index contributed by atoms with van der Waals surface area (Å²) in [5, 5.41) is 19.6.